The van der Waals surface area contributed by atoms with E-state index >= 15 is 0 Å². The first-order chi connectivity index (χ1) is 6.97. The Hall–Kier alpha value is -0.940. The molecule has 1 rings (SSSR count). The van der Waals surface area contributed by atoms with Crippen molar-refractivity contribution in [3.63, 3.8) is 0 Å². The largest absolute Gasteiger partial charge is 0.375 e. The monoisotopic (exact) mass is 213 g/mol. The fourth-order valence-corrected chi connectivity index (χ4v) is 1.04. The Kier molecular flexibility index (Phi) is 4.23. The zero-order valence-electron chi connectivity index (χ0n) is 9.83. The molecule has 5 nitrogen and oxygen atoms in total. The lowest BCUT2D eigenvalue weighted by Gasteiger charge is -2.19. The van der Waals surface area contributed by atoms with Gasteiger partial charge in [-0.05, 0) is 20.8 Å². The molecule has 0 aromatic carbocycles. The molecule has 0 spiro atoms. The molecular formula is C10H19N3O2. The summed E-state index contributed by atoms with van der Waals surface area (Å²) in [6.45, 7) is 9.97. The van der Waals surface area contributed by atoms with E-state index in [0.717, 1.165) is 6.54 Å². The molecule has 0 radical (unpaired) electrons. The zero-order valence-corrected chi connectivity index (χ0v) is 9.83. The van der Waals surface area contributed by atoms with Crippen LogP contribution in [0.4, 0.5) is 0 Å². The number of nitrogens with zero attached hydrogens (tertiary/aromatic N) is 2. The third-order valence-corrected chi connectivity index (χ3v) is 1.67. The van der Waals surface area contributed by atoms with Crippen LogP contribution in [0.25, 0.3) is 0 Å². The van der Waals surface area contributed by atoms with Crippen molar-refractivity contribution in [2.75, 3.05) is 13.2 Å². The van der Waals surface area contributed by atoms with Crippen LogP contribution in [0.3, 0.4) is 0 Å². The summed E-state index contributed by atoms with van der Waals surface area (Å²) >= 11 is 0. The van der Waals surface area contributed by atoms with Gasteiger partial charge in [-0.3, -0.25) is 0 Å². The van der Waals surface area contributed by atoms with E-state index in [1.165, 1.54) is 0 Å². The van der Waals surface area contributed by atoms with Crippen LogP contribution < -0.4 is 5.32 Å². The molecule has 15 heavy (non-hydrogen) atoms. The van der Waals surface area contributed by atoms with E-state index in [2.05, 4.69) is 15.5 Å². The van der Waals surface area contributed by atoms with Crippen molar-refractivity contribution in [3.05, 3.63) is 11.7 Å². The number of rotatable bonds is 5. The van der Waals surface area contributed by atoms with E-state index in [4.69, 9.17) is 9.26 Å². The van der Waals surface area contributed by atoms with Gasteiger partial charge in [-0.1, -0.05) is 5.16 Å². The predicted octanol–water partition coefficient (Wildman–Crippen LogP) is 1.28. The number of nitrogens with one attached hydrogen (secondary N) is 1. The smallest absolute Gasteiger partial charge is 0.223 e. The van der Waals surface area contributed by atoms with Gasteiger partial charge < -0.3 is 14.6 Å². The Labute approximate surface area is 90.2 Å². The Bertz CT molecular complexity index is 291. The number of hydrogen-bond donors (Lipinski definition) is 1. The first-order valence-electron chi connectivity index (χ1n) is 5.11. The van der Waals surface area contributed by atoms with Gasteiger partial charge in [0.1, 0.15) is 0 Å². The summed E-state index contributed by atoms with van der Waals surface area (Å²) < 4.78 is 10.4. The van der Waals surface area contributed by atoms with Crippen LogP contribution >= 0.6 is 0 Å². The van der Waals surface area contributed by atoms with E-state index < -0.39 is 0 Å². The molecule has 86 valence electrons. The molecule has 1 aromatic heterocycles. The van der Waals surface area contributed by atoms with Gasteiger partial charge in [0, 0.05) is 13.5 Å². The normalized spacial score (nSPS) is 12.0. The van der Waals surface area contributed by atoms with Crippen molar-refractivity contribution in [2.45, 2.75) is 39.8 Å². The molecule has 0 saturated heterocycles. The van der Waals surface area contributed by atoms with Crippen LogP contribution in [0, 0.1) is 6.92 Å². The molecule has 1 aromatic rings. The van der Waals surface area contributed by atoms with E-state index in [9.17, 15) is 0 Å². The Morgan fingerprint density at radius 3 is 2.67 bits per heavy atom. The molecule has 0 atom stereocenters. The van der Waals surface area contributed by atoms with Gasteiger partial charge in [0.15, 0.2) is 5.82 Å². The minimum absolute atomic E-state index is 0.0790. The van der Waals surface area contributed by atoms with Gasteiger partial charge in [-0.15, -0.1) is 0 Å². The van der Waals surface area contributed by atoms with E-state index in [-0.39, 0.29) is 5.60 Å². The maximum absolute atomic E-state index is 5.55. The van der Waals surface area contributed by atoms with Gasteiger partial charge in [0.25, 0.3) is 0 Å². The maximum Gasteiger partial charge on any atom is 0.223 e. The second-order valence-corrected chi connectivity index (χ2v) is 4.37. The fraction of sp³-hybridized carbons (Fsp3) is 0.800. The molecule has 0 unspecified atom stereocenters. The summed E-state index contributed by atoms with van der Waals surface area (Å²) in [4.78, 5) is 4.08. The highest BCUT2D eigenvalue weighted by atomic mass is 16.5. The average molecular weight is 213 g/mol. The van der Waals surface area contributed by atoms with Crippen LogP contribution in [-0.4, -0.2) is 28.9 Å². The molecule has 0 aliphatic rings. The highest BCUT2D eigenvalue weighted by molar-refractivity contribution is 4.82. The Morgan fingerprint density at radius 1 is 1.40 bits per heavy atom. The molecule has 0 bridgehead atoms. The fourth-order valence-electron chi connectivity index (χ4n) is 1.04. The lowest BCUT2D eigenvalue weighted by atomic mass is 10.2. The van der Waals surface area contributed by atoms with Crippen LogP contribution in [0.2, 0.25) is 0 Å². The highest BCUT2D eigenvalue weighted by Gasteiger charge is 2.08. The summed E-state index contributed by atoms with van der Waals surface area (Å²) in [5.74, 6) is 1.28. The second kappa shape index (κ2) is 5.23. The average Bonchev–Trinajstić information content (AvgIpc) is 2.49. The number of hydrogen-bond acceptors (Lipinski definition) is 5. The molecule has 0 aliphatic carbocycles. The Balaban J connectivity index is 2.07. The van der Waals surface area contributed by atoms with Crippen molar-refractivity contribution in [1.29, 1.82) is 0 Å². The quantitative estimate of drug-likeness (QED) is 0.747. The lowest BCUT2D eigenvalue weighted by Crippen LogP contribution is -2.26. The third-order valence-electron chi connectivity index (χ3n) is 1.67. The van der Waals surface area contributed by atoms with E-state index in [1.54, 1.807) is 6.92 Å². The predicted molar refractivity (Wildman–Crippen MR) is 56.4 cm³/mol. The summed E-state index contributed by atoms with van der Waals surface area (Å²) in [7, 11) is 0. The summed E-state index contributed by atoms with van der Waals surface area (Å²) in [6, 6.07) is 0. The molecule has 0 fully saturated rings. The van der Waals surface area contributed by atoms with Crippen LogP contribution in [0.15, 0.2) is 4.52 Å². The molecule has 1 heterocycles. The first-order valence-corrected chi connectivity index (χ1v) is 5.11. The Morgan fingerprint density at radius 2 is 2.13 bits per heavy atom. The van der Waals surface area contributed by atoms with Crippen molar-refractivity contribution >= 4 is 0 Å². The molecule has 0 aliphatic heterocycles. The molecule has 0 amide bonds. The minimum Gasteiger partial charge on any atom is -0.375 e. The van der Waals surface area contributed by atoms with Crippen molar-refractivity contribution in [1.82, 2.24) is 15.5 Å². The van der Waals surface area contributed by atoms with Gasteiger partial charge in [-0.2, -0.15) is 4.98 Å². The zero-order chi connectivity index (χ0) is 11.3. The summed E-state index contributed by atoms with van der Waals surface area (Å²) in [5, 5.41) is 6.95. The summed E-state index contributed by atoms with van der Waals surface area (Å²) in [6.07, 6.45) is 0. The minimum atomic E-state index is -0.0790. The van der Waals surface area contributed by atoms with Crippen molar-refractivity contribution in [2.24, 2.45) is 0 Å². The lowest BCUT2D eigenvalue weighted by molar-refractivity contribution is -0.000939. The first kappa shape index (κ1) is 12.1. The third kappa shape index (κ3) is 5.49. The molecule has 5 heteroatoms. The number of aromatic nitrogens is 2. The highest BCUT2D eigenvalue weighted by Crippen LogP contribution is 2.05. The molecular weight excluding hydrogens is 194 g/mol. The van der Waals surface area contributed by atoms with Gasteiger partial charge in [-0.25, -0.2) is 0 Å². The number of ether oxygens (including phenoxy) is 1. The number of aryl methyl sites for hydroxylation is 1. The summed E-state index contributed by atoms with van der Waals surface area (Å²) in [5.41, 5.74) is -0.0790. The standard InChI is InChI=1S/C10H19N3O2/c1-8-12-9(13-15-8)7-11-5-6-14-10(2,3)4/h11H,5-7H2,1-4H3. The molecule has 1 N–H and O–H groups in total. The van der Waals surface area contributed by atoms with E-state index in [0.29, 0.717) is 24.9 Å². The SMILES string of the molecule is Cc1nc(CNCCOC(C)(C)C)no1. The second-order valence-electron chi connectivity index (χ2n) is 4.37. The maximum atomic E-state index is 5.55. The van der Waals surface area contributed by atoms with Crippen LogP contribution in [0.1, 0.15) is 32.5 Å². The van der Waals surface area contributed by atoms with Gasteiger partial charge in [0.05, 0.1) is 18.8 Å². The topological polar surface area (TPSA) is 60.2 Å². The van der Waals surface area contributed by atoms with Gasteiger partial charge >= 0.3 is 0 Å². The molecule has 0 saturated carbocycles. The van der Waals surface area contributed by atoms with Crippen LogP contribution in [-0.2, 0) is 11.3 Å². The van der Waals surface area contributed by atoms with Crippen LogP contribution in [0.5, 0.6) is 0 Å². The van der Waals surface area contributed by atoms with Gasteiger partial charge in [0.2, 0.25) is 5.89 Å². The van der Waals surface area contributed by atoms with Crippen molar-refractivity contribution in [3.8, 4) is 0 Å². The van der Waals surface area contributed by atoms with Crippen molar-refractivity contribution < 1.29 is 9.26 Å². The van der Waals surface area contributed by atoms with E-state index in [1.807, 2.05) is 20.8 Å².